The number of carbonyl (C=O) groups excluding carboxylic acids is 1. The van der Waals surface area contributed by atoms with E-state index < -0.39 is 5.60 Å². The molecule has 76 valence electrons. The summed E-state index contributed by atoms with van der Waals surface area (Å²) in [4.78, 5) is 10.8. The fourth-order valence-corrected chi connectivity index (χ4v) is 1.47. The molecule has 0 bridgehead atoms. The molecule has 0 aliphatic carbocycles. The largest absolute Gasteiger partial charge is 0.386 e. The van der Waals surface area contributed by atoms with Gasteiger partial charge < -0.3 is 5.11 Å². The summed E-state index contributed by atoms with van der Waals surface area (Å²) in [7, 11) is 0. The van der Waals surface area contributed by atoms with Crippen LogP contribution in [-0.2, 0) is 5.60 Å². The van der Waals surface area contributed by atoms with Gasteiger partial charge in [0.15, 0.2) is 0 Å². The summed E-state index contributed by atoms with van der Waals surface area (Å²) in [5.74, 6) is 0. The summed E-state index contributed by atoms with van der Waals surface area (Å²) in [6.07, 6.45) is 0.791. The number of aryl methyl sites for hydroxylation is 2. The Bertz CT molecular complexity index is 359. The highest BCUT2D eigenvalue weighted by Crippen LogP contribution is 2.25. The van der Waals surface area contributed by atoms with E-state index in [0.29, 0.717) is 11.1 Å². The van der Waals surface area contributed by atoms with Gasteiger partial charge in [-0.3, -0.25) is 4.79 Å². The number of hydrogen-bond acceptors (Lipinski definition) is 2. The van der Waals surface area contributed by atoms with Gasteiger partial charge in [0.05, 0.1) is 5.60 Å². The summed E-state index contributed by atoms with van der Waals surface area (Å²) in [5.41, 5.74) is 2.46. The average molecular weight is 192 g/mol. The van der Waals surface area contributed by atoms with E-state index in [4.69, 9.17) is 0 Å². The van der Waals surface area contributed by atoms with Crippen LogP contribution >= 0.6 is 0 Å². The normalized spacial score (nSPS) is 11.5. The Labute approximate surface area is 84.6 Å². The number of benzene rings is 1. The third-order valence-corrected chi connectivity index (χ3v) is 2.45. The van der Waals surface area contributed by atoms with Crippen LogP contribution in [0.15, 0.2) is 12.1 Å². The van der Waals surface area contributed by atoms with Crippen LogP contribution in [0.4, 0.5) is 0 Å². The molecule has 0 unspecified atom stereocenters. The molecule has 0 aliphatic heterocycles. The molecule has 0 spiro atoms. The topological polar surface area (TPSA) is 37.3 Å². The smallest absolute Gasteiger partial charge is 0.150 e. The maximum atomic E-state index is 10.8. The van der Waals surface area contributed by atoms with E-state index in [2.05, 4.69) is 0 Å². The maximum absolute atomic E-state index is 10.8. The zero-order chi connectivity index (χ0) is 10.9. The highest BCUT2D eigenvalue weighted by Gasteiger charge is 2.20. The van der Waals surface area contributed by atoms with Crippen LogP contribution in [0.2, 0.25) is 0 Å². The quantitative estimate of drug-likeness (QED) is 0.730. The number of aliphatic hydroxyl groups is 1. The lowest BCUT2D eigenvalue weighted by Gasteiger charge is -2.21. The molecule has 0 aromatic heterocycles. The van der Waals surface area contributed by atoms with Gasteiger partial charge in [0.25, 0.3) is 0 Å². The second kappa shape index (κ2) is 3.54. The van der Waals surface area contributed by atoms with Crippen molar-refractivity contribution in [3.8, 4) is 0 Å². The van der Waals surface area contributed by atoms with Gasteiger partial charge in [-0.1, -0.05) is 6.07 Å². The van der Waals surface area contributed by atoms with Gasteiger partial charge in [0.2, 0.25) is 0 Å². The molecule has 0 fully saturated rings. The molecule has 1 rings (SSSR count). The average Bonchev–Trinajstić information content (AvgIpc) is 2.07. The molecule has 0 saturated carbocycles. The summed E-state index contributed by atoms with van der Waals surface area (Å²) < 4.78 is 0. The second-order valence-electron chi connectivity index (χ2n) is 4.20. The summed E-state index contributed by atoms with van der Waals surface area (Å²) in [6.45, 7) is 7.30. The monoisotopic (exact) mass is 192 g/mol. The maximum Gasteiger partial charge on any atom is 0.150 e. The van der Waals surface area contributed by atoms with Gasteiger partial charge in [0, 0.05) is 5.56 Å². The Morgan fingerprint density at radius 2 is 1.71 bits per heavy atom. The third kappa shape index (κ3) is 2.02. The minimum Gasteiger partial charge on any atom is -0.386 e. The molecule has 0 atom stereocenters. The highest BCUT2D eigenvalue weighted by atomic mass is 16.3. The van der Waals surface area contributed by atoms with Crippen LogP contribution in [0.1, 0.15) is 40.9 Å². The lowest BCUT2D eigenvalue weighted by Crippen LogP contribution is -2.18. The molecular weight excluding hydrogens is 176 g/mol. The van der Waals surface area contributed by atoms with Crippen molar-refractivity contribution in [2.45, 2.75) is 33.3 Å². The van der Waals surface area contributed by atoms with Crippen molar-refractivity contribution >= 4 is 6.29 Å². The van der Waals surface area contributed by atoms with E-state index in [0.717, 1.165) is 17.4 Å². The van der Waals surface area contributed by atoms with Gasteiger partial charge in [-0.2, -0.15) is 0 Å². The van der Waals surface area contributed by atoms with E-state index in [1.165, 1.54) is 0 Å². The van der Waals surface area contributed by atoms with Crippen molar-refractivity contribution in [2.75, 3.05) is 0 Å². The van der Waals surface area contributed by atoms with Crippen molar-refractivity contribution in [3.63, 3.8) is 0 Å². The van der Waals surface area contributed by atoms with Crippen molar-refractivity contribution in [2.24, 2.45) is 0 Å². The van der Waals surface area contributed by atoms with Crippen LogP contribution in [0.5, 0.6) is 0 Å². The van der Waals surface area contributed by atoms with Crippen molar-refractivity contribution in [3.05, 3.63) is 34.4 Å². The zero-order valence-corrected chi connectivity index (χ0v) is 9.09. The minimum absolute atomic E-state index is 0.570. The van der Waals surface area contributed by atoms with E-state index in [9.17, 15) is 9.90 Å². The third-order valence-electron chi connectivity index (χ3n) is 2.45. The molecule has 0 heterocycles. The van der Waals surface area contributed by atoms with Crippen molar-refractivity contribution in [1.82, 2.24) is 0 Å². The van der Waals surface area contributed by atoms with Crippen molar-refractivity contribution in [1.29, 1.82) is 0 Å². The lowest BCUT2D eigenvalue weighted by molar-refractivity contribution is 0.0767. The first kappa shape index (κ1) is 10.9. The Balaban J connectivity index is 3.42. The molecule has 1 aromatic carbocycles. The first-order valence-corrected chi connectivity index (χ1v) is 4.65. The number of hydrogen-bond donors (Lipinski definition) is 1. The SMILES string of the molecule is Cc1cc(C=O)c(C(C)(C)O)cc1C. The number of aldehydes is 1. The van der Waals surface area contributed by atoms with Crippen molar-refractivity contribution < 1.29 is 9.90 Å². The van der Waals surface area contributed by atoms with Crippen LogP contribution in [0.25, 0.3) is 0 Å². The van der Waals surface area contributed by atoms with Gasteiger partial charge in [0.1, 0.15) is 6.29 Å². The Morgan fingerprint density at radius 3 is 2.14 bits per heavy atom. The minimum atomic E-state index is -0.964. The molecule has 0 amide bonds. The number of rotatable bonds is 2. The Morgan fingerprint density at radius 1 is 1.21 bits per heavy atom. The predicted octanol–water partition coefficient (Wildman–Crippen LogP) is 2.34. The van der Waals surface area contributed by atoms with Gasteiger partial charge in [-0.25, -0.2) is 0 Å². The molecule has 0 radical (unpaired) electrons. The molecule has 1 N–H and O–H groups in total. The highest BCUT2D eigenvalue weighted by molar-refractivity contribution is 5.78. The lowest BCUT2D eigenvalue weighted by atomic mass is 9.90. The molecular formula is C12H16O2. The molecule has 2 heteroatoms. The van der Waals surface area contributed by atoms with E-state index in [-0.39, 0.29) is 0 Å². The number of carbonyl (C=O) groups is 1. The molecule has 2 nitrogen and oxygen atoms in total. The zero-order valence-electron chi connectivity index (χ0n) is 9.09. The van der Waals surface area contributed by atoms with Gasteiger partial charge in [-0.05, 0) is 50.5 Å². The summed E-state index contributed by atoms with van der Waals surface area (Å²) >= 11 is 0. The molecule has 0 saturated heterocycles. The Kier molecular flexibility index (Phi) is 2.76. The van der Waals surface area contributed by atoms with Crippen LogP contribution in [0.3, 0.4) is 0 Å². The first-order valence-electron chi connectivity index (χ1n) is 4.65. The van der Waals surface area contributed by atoms with Crippen LogP contribution in [0, 0.1) is 13.8 Å². The van der Waals surface area contributed by atoms with Crippen LogP contribution in [-0.4, -0.2) is 11.4 Å². The second-order valence-corrected chi connectivity index (χ2v) is 4.20. The molecule has 0 aliphatic rings. The summed E-state index contributed by atoms with van der Waals surface area (Å²) in [6, 6.07) is 3.69. The van der Waals surface area contributed by atoms with Crippen LogP contribution < -0.4 is 0 Å². The first-order chi connectivity index (χ1) is 6.36. The van der Waals surface area contributed by atoms with E-state index in [1.807, 2.05) is 26.0 Å². The Hall–Kier alpha value is -1.15. The van der Waals surface area contributed by atoms with Gasteiger partial charge in [-0.15, -0.1) is 0 Å². The molecule has 1 aromatic rings. The standard InChI is InChI=1S/C12H16O2/c1-8-5-10(7-13)11(6-9(8)2)12(3,4)14/h5-7,14H,1-4H3. The van der Waals surface area contributed by atoms with E-state index >= 15 is 0 Å². The van der Waals surface area contributed by atoms with Gasteiger partial charge >= 0.3 is 0 Å². The fourth-order valence-electron chi connectivity index (χ4n) is 1.47. The predicted molar refractivity (Wildman–Crippen MR) is 56.5 cm³/mol. The van der Waals surface area contributed by atoms with E-state index in [1.54, 1.807) is 13.8 Å². The summed E-state index contributed by atoms with van der Waals surface area (Å²) in [5, 5.41) is 9.86. The fraction of sp³-hybridized carbons (Fsp3) is 0.417. The molecule has 14 heavy (non-hydrogen) atoms.